The highest BCUT2D eigenvalue weighted by molar-refractivity contribution is 7.45. The Morgan fingerprint density at radius 3 is 2.19 bits per heavy atom. The number of rotatable bonds is 6. The molecule has 0 N–H and O–H groups in total. The Kier molecular flexibility index (Phi) is 6.41. The molecule has 2 unspecified atom stereocenters. The Morgan fingerprint density at radius 2 is 1.71 bits per heavy atom. The van der Waals surface area contributed by atoms with E-state index in [4.69, 9.17) is 0 Å². The molecular weight excluding hydrogens is 279 g/mol. The Bertz CT molecular complexity index is 506. The van der Waals surface area contributed by atoms with E-state index >= 15 is 0 Å². The second kappa shape index (κ2) is 7.40. The van der Waals surface area contributed by atoms with Gasteiger partial charge in [0.05, 0.1) is 14.0 Å². The van der Waals surface area contributed by atoms with E-state index in [1.165, 1.54) is 0 Å². The summed E-state index contributed by atoms with van der Waals surface area (Å²) in [7, 11) is -1.84. The molecule has 0 heterocycles. The van der Waals surface area contributed by atoms with E-state index in [0.29, 0.717) is 12.1 Å². The van der Waals surface area contributed by atoms with Crippen LogP contribution < -0.4 is 0 Å². The van der Waals surface area contributed by atoms with Gasteiger partial charge in [-0.3, -0.25) is 4.79 Å². The maximum atomic E-state index is 12.4. The van der Waals surface area contributed by atoms with Crippen molar-refractivity contribution in [2.24, 2.45) is 11.3 Å². The minimum atomic E-state index is -1.84. The number of benzene rings is 1. The molecule has 1 aromatic rings. The molecule has 0 aliphatic rings. The van der Waals surface area contributed by atoms with Crippen LogP contribution in [0.1, 0.15) is 55.6 Å². The standard InChI is InChI=1S/C18H29O2P/c1-13(10-18(4,5)6)11-21(20)12-16(19)17-14(2)8-7-9-15(17)3/h7-9,13,21H,10-12H2,1-6H3. The molecule has 0 spiro atoms. The first-order chi connectivity index (χ1) is 9.60. The Morgan fingerprint density at radius 1 is 1.19 bits per heavy atom. The summed E-state index contributed by atoms with van der Waals surface area (Å²) < 4.78 is 12.3. The summed E-state index contributed by atoms with van der Waals surface area (Å²) in [5.41, 5.74) is 2.98. The highest BCUT2D eigenvalue weighted by Gasteiger charge is 2.20. The average molecular weight is 308 g/mol. The Hall–Kier alpha value is -0.880. The second-order valence-corrected chi connectivity index (χ2v) is 9.32. The van der Waals surface area contributed by atoms with Crippen LogP contribution in [0.15, 0.2) is 18.2 Å². The molecule has 21 heavy (non-hydrogen) atoms. The third-order valence-corrected chi connectivity index (χ3v) is 5.52. The predicted molar refractivity (Wildman–Crippen MR) is 92.2 cm³/mol. The summed E-state index contributed by atoms with van der Waals surface area (Å²) in [6.45, 7) is 12.6. The first-order valence-corrected chi connectivity index (χ1v) is 9.53. The molecule has 1 aromatic carbocycles. The van der Waals surface area contributed by atoms with Crippen molar-refractivity contribution >= 4 is 13.6 Å². The van der Waals surface area contributed by atoms with Gasteiger partial charge >= 0.3 is 0 Å². The third-order valence-electron chi connectivity index (χ3n) is 3.65. The Labute approximate surface area is 130 Å². The van der Waals surface area contributed by atoms with Crippen molar-refractivity contribution in [1.29, 1.82) is 0 Å². The zero-order chi connectivity index (χ0) is 16.2. The van der Waals surface area contributed by atoms with Crippen molar-refractivity contribution in [3.05, 3.63) is 34.9 Å². The van der Waals surface area contributed by atoms with Gasteiger partial charge in [-0.1, -0.05) is 45.9 Å². The van der Waals surface area contributed by atoms with Crippen molar-refractivity contribution in [2.75, 3.05) is 12.3 Å². The average Bonchev–Trinajstić information content (AvgIpc) is 2.24. The lowest BCUT2D eigenvalue weighted by Gasteiger charge is -2.23. The zero-order valence-electron chi connectivity index (χ0n) is 14.2. The van der Waals surface area contributed by atoms with Gasteiger partial charge in [0.25, 0.3) is 0 Å². The summed E-state index contributed by atoms with van der Waals surface area (Å²) in [4.78, 5) is 12.4. The molecule has 0 saturated heterocycles. The maximum absolute atomic E-state index is 12.4. The van der Waals surface area contributed by atoms with Crippen LogP contribution in [0.3, 0.4) is 0 Å². The fourth-order valence-electron chi connectivity index (χ4n) is 3.10. The van der Waals surface area contributed by atoms with Gasteiger partial charge in [-0.05, 0) is 42.7 Å². The van der Waals surface area contributed by atoms with E-state index in [1.807, 2.05) is 32.0 Å². The topological polar surface area (TPSA) is 34.1 Å². The smallest absolute Gasteiger partial charge is 0.170 e. The molecule has 0 radical (unpaired) electrons. The SMILES string of the molecule is Cc1cccc(C)c1C(=O)C[PH](=O)CC(C)CC(C)(C)C. The largest absolute Gasteiger partial charge is 0.326 e. The lowest BCUT2D eigenvalue weighted by atomic mass is 9.86. The molecule has 0 aliphatic heterocycles. The predicted octanol–water partition coefficient (Wildman–Crippen LogP) is 5.12. The second-order valence-electron chi connectivity index (χ2n) is 7.48. The number of hydrogen-bond donors (Lipinski definition) is 0. The van der Waals surface area contributed by atoms with Gasteiger partial charge in [0.2, 0.25) is 0 Å². The van der Waals surface area contributed by atoms with Crippen molar-refractivity contribution < 1.29 is 9.36 Å². The molecular formula is C18H29O2P. The first kappa shape index (κ1) is 18.2. The van der Waals surface area contributed by atoms with Gasteiger partial charge in [0, 0.05) is 11.7 Å². The summed E-state index contributed by atoms with van der Waals surface area (Å²) in [5, 5.41) is 0. The fourth-order valence-corrected chi connectivity index (χ4v) is 4.70. The summed E-state index contributed by atoms with van der Waals surface area (Å²) in [6.07, 6.45) is 1.93. The van der Waals surface area contributed by atoms with E-state index in [-0.39, 0.29) is 17.4 Å². The highest BCUT2D eigenvalue weighted by atomic mass is 31.1. The monoisotopic (exact) mass is 308 g/mol. The zero-order valence-corrected chi connectivity index (χ0v) is 15.2. The molecule has 3 heteroatoms. The van der Waals surface area contributed by atoms with Gasteiger partial charge in [0.1, 0.15) is 0 Å². The lowest BCUT2D eigenvalue weighted by Crippen LogP contribution is -2.14. The number of hydrogen-bond acceptors (Lipinski definition) is 2. The minimum absolute atomic E-state index is 0.0393. The maximum Gasteiger partial charge on any atom is 0.170 e. The summed E-state index contributed by atoms with van der Waals surface area (Å²) >= 11 is 0. The molecule has 1 rings (SSSR count). The van der Waals surface area contributed by atoms with Crippen LogP contribution in [0.25, 0.3) is 0 Å². The number of ketones is 1. The molecule has 0 amide bonds. The van der Waals surface area contributed by atoms with E-state index in [0.717, 1.165) is 23.1 Å². The lowest BCUT2D eigenvalue weighted by molar-refractivity contribution is 0.102. The fraction of sp³-hybridized carbons (Fsp3) is 0.611. The quantitative estimate of drug-likeness (QED) is 0.540. The van der Waals surface area contributed by atoms with Crippen LogP contribution in [0.5, 0.6) is 0 Å². The highest BCUT2D eigenvalue weighted by Crippen LogP contribution is 2.32. The first-order valence-electron chi connectivity index (χ1n) is 7.71. The molecule has 118 valence electrons. The summed E-state index contributed by atoms with van der Waals surface area (Å²) in [6, 6.07) is 5.84. The van der Waals surface area contributed by atoms with E-state index < -0.39 is 7.80 Å². The summed E-state index contributed by atoms with van der Waals surface area (Å²) in [5.74, 6) is 0.444. The number of carbonyl (C=O) groups excluding carboxylic acids is 1. The van der Waals surface area contributed by atoms with Crippen molar-refractivity contribution in [3.8, 4) is 0 Å². The van der Waals surface area contributed by atoms with Crippen LogP contribution in [-0.4, -0.2) is 18.1 Å². The van der Waals surface area contributed by atoms with E-state index in [9.17, 15) is 9.36 Å². The molecule has 0 aromatic heterocycles. The number of aryl methyl sites for hydroxylation is 2. The van der Waals surface area contributed by atoms with Crippen molar-refractivity contribution in [2.45, 2.75) is 48.0 Å². The van der Waals surface area contributed by atoms with Crippen LogP contribution in [-0.2, 0) is 4.57 Å². The normalized spacial score (nSPS) is 14.8. The van der Waals surface area contributed by atoms with Crippen LogP contribution in [0.2, 0.25) is 0 Å². The van der Waals surface area contributed by atoms with Gasteiger partial charge in [-0.15, -0.1) is 0 Å². The van der Waals surface area contributed by atoms with Crippen molar-refractivity contribution in [3.63, 3.8) is 0 Å². The molecule has 0 saturated carbocycles. The molecule has 2 nitrogen and oxygen atoms in total. The van der Waals surface area contributed by atoms with Gasteiger partial charge < -0.3 is 4.57 Å². The van der Waals surface area contributed by atoms with Gasteiger partial charge in [-0.2, -0.15) is 0 Å². The molecule has 0 bridgehead atoms. The molecule has 0 fully saturated rings. The minimum Gasteiger partial charge on any atom is -0.326 e. The van der Waals surface area contributed by atoms with Crippen LogP contribution in [0.4, 0.5) is 0 Å². The third kappa shape index (κ3) is 6.18. The van der Waals surface area contributed by atoms with Crippen LogP contribution in [0, 0.1) is 25.2 Å². The molecule has 2 atom stereocenters. The van der Waals surface area contributed by atoms with Crippen molar-refractivity contribution in [1.82, 2.24) is 0 Å². The van der Waals surface area contributed by atoms with E-state index in [2.05, 4.69) is 27.7 Å². The number of Topliss-reactive ketones (excluding diaryl/α,β-unsaturated/α-hetero) is 1. The van der Waals surface area contributed by atoms with E-state index in [1.54, 1.807) is 0 Å². The number of carbonyl (C=O) groups is 1. The van der Waals surface area contributed by atoms with Gasteiger partial charge in [0.15, 0.2) is 5.78 Å². The van der Waals surface area contributed by atoms with Crippen LogP contribution >= 0.6 is 7.80 Å². The molecule has 0 aliphatic carbocycles. The van der Waals surface area contributed by atoms with Gasteiger partial charge in [-0.25, -0.2) is 0 Å². The Balaban J connectivity index is 2.65.